The van der Waals surface area contributed by atoms with E-state index in [1.807, 2.05) is 25.1 Å². The molecule has 3 nitrogen and oxygen atoms in total. The Labute approximate surface area is 105 Å². The minimum absolute atomic E-state index is 0.375. The van der Waals surface area contributed by atoms with Gasteiger partial charge in [0.2, 0.25) is 0 Å². The SMILES string of the molecule is CCc1cc(Br)ccc1C(O)C(O)CNC. The van der Waals surface area contributed by atoms with Gasteiger partial charge in [-0.2, -0.15) is 0 Å². The fraction of sp³-hybridized carbons (Fsp3) is 0.500. The maximum absolute atomic E-state index is 10.0. The molecule has 0 radical (unpaired) electrons. The molecule has 0 spiro atoms. The van der Waals surface area contributed by atoms with Crippen LogP contribution in [0, 0.1) is 0 Å². The number of halogens is 1. The Hall–Kier alpha value is -0.420. The first kappa shape index (κ1) is 13.6. The van der Waals surface area contributed by atoms with Crippen molar-refractivity contribution in [2.75, 3.05) is 13.6 Å². The van der Waals surface area contributed by atoms with Crippen molar-refractivity contribution in [3.05, 3.63) is 33.8 Å². The van der Waals surface area contributed by atoms with Crippen LogP contribution < -0.4 is 5.32 Å². The molecule has 0 bridgehead atoms. The number of hydrogen-bond donors (Lipinski definition) is 3. The third kappa shape index (κ3) is 3.28. The molecule has 0 saturated carbocycles. The maximum atomic E-state index is 10.0. The van der Waals surface area contributed by atoms with Crippen molar-refractivity contribution in [2.45, 2.75) is 25.6 Å². The number of rotatable bonds is 5. The summed E-state index contributed by atoms with van der Waals surface area (Å²) in [5, 5.41) is 22.6. The minimum Gasteiger partial charge on any atom is -0.389 e. The van der Waals surface area contributed by atoms with Crippen LogP contribution in [0.25, 0.3) is 0 Å². The van der Waals surface area contributed by atoms with Crippen molar-refractivity contribution in [3.63, 3.8) is 0 Å². The Morgan fingerprint density at radius 1 is 1.38 bits per heavy atom. The van der Waals surface area contributed by atoms with Crippen LogP contribution in [0.15, 0.2) is 22.7 Å². The average molecular weight is 288 g/mol. The molecule has 0 aliphatic heterocycles. The summed E-state index contributed by atoms with van der Waals surface area (Å²) >= 11 is 3.40. The lowest BCUT2D eigenvalue weighted by Crippen LogP contribution is -2.30. The van der Waals surface area contributed by atoms with Crippen LogP contribution in [0.5, 0.6) is 0 Å². The van der Waals surface area contributed by atoms with Crippen molar-refractivity contribution in [3.8, 4) is 0 Å². The molecule has 90 valence electrons. The van der Waals surface area contributed by atoms with Crippen LogP contribution in [0.4, 0.5) is 0 Å². The number of aliphatic hydroxyl groups excluding tert-OH is 2. The normalized spacial score (nSPS) is 14.8. The second-order valence-electron chi connectivity index (χ2n) is 3.77. The Morgan fingerprint density at radius 3 is 2.62 bits per heavy atom. The van der Waals surface area contributed by atoms with E-state index in [4.69, 9.17) is 0 Å². The molecule has 0 aliphatic rings. The van der Waals surface area contributed by atoms with Crippen LogP contribution in [-0.2, 0) is 6.42 Å². The van der Waals surface area contributed by atoms with E-state index in [0.29, 0.717) is 6.54 Å². The van der Waals surface area contributed by atoms with E-state index in [2.05, 4.69) is 21.2 Å². The number of nitrogens with one attached hydrogen (secondary N) is 1. The molecule has 0 saturated heterocycles. The molecule has 1 aromatic rings. The van der Waals surface area contributed by atoms with E-state index in [1.54, 1.807) is 7.05 Å². The third-order valence-corrected chi connectivity index (χ3v) is 3.08. The number of aliphatic hydroxyl groups is 2. The highest BCUT2D eigenvalue weighted by molar-refractivity contribution is 9.10. The molecule has 3 N–H and O–H groups in total. The van der Waals surface area contributed by atoms with E-state index in [1.165, 1.54) is 0 Å². The predicted octanol–water partition coefficient (Wildman–Crippen LogP) is 1.63. The van der Waals surface area contributed by atoms with Gasteiger partial charge in [0.25, 0.3) is 0 Å². The van der Waals surface area contributed by atoms with Crippen LogP contribution >= 0.6 is 15.9 Å². The van der Waals surface area contributed by atoms with Gasteiger partial charge in [-0.3, -0.25) is 0 Å². The van der Waals surface area contributed by atoms with Gasteiger partial charge in [0, 0.05) is 11.0 Å². The monoisotopic (exact) mass is 287 g/mol. The lowest BCUT2D eigenvalue weighted by atomic mass is 9.97. The van der Waals surface area contributed by atoms with Gasteiger partial charge in [-0.25, -0.2) is 0 Å². The van der Waals surface area contributed by atoms with Gasteiger partial charge in [-0.05, 0) is 36.7 Å². The lowest BCUT2D eigenvalue weighted by molar-refractivity contribution is 0.0197. The number of likely N-dealkylation sites (N-methyl/N-ethyl adjacent to an activating group) is 1. The molecule has 1 aromatic carbocycles. The topological polar surface area (TPSA) is 52.5 Å². The lowest BCUT2D eigenvalue weighted by Gasteiger charge is -2.20. The van der Waals surface area contributed by atoms with Crippen molar-refractivity contribution < 1.29 is 10.2 Å². The second-order valence-corrected chi connectivity index (χ2v) is 4.68. The van der Waals surface area contributed by atoms with Crippen molar-refractivity contribution >= 4 is 15.9 Å². The molecular formula is C12H18BrNO2. The molecule has 2 unspecified atom stereocenters. The first-order valence-electron chi connectivity index (χ1n) is 5.39. The Bertz CT molecular complexity index is 344. The molecule has 1 rings (SSSR count). The van der Waals surface area contributed by atoms with Gasteiger partial charge in [-0.1, -0.05) is 28.9 Å². The van der Waals surface area contributed by atoms with E-state index < -0.39 is 12.2 Å². The molecule has 16 heavy (non-hydrogen) atoms. The standard InChI is InChI=1S/C12H18BrNO2/c1-3-8-6-9(13)4-5-10(8)12(16)11(15)7-14-2/h4-6,11-12,14-16H,3,7H2,1-2H3. The summed E-state index contributed by atoms with van der Waals surface area (Å²) in [6.45, 7) is 2.41. The number of aryl methyl sites for hydroxylation is 1. The highest BCUT2D eigenvalue weighted by Gasteiger charge is 2.19. The van der Waals surface area contributed by atoms with E-state index in [9.17, 15) is 10.2 Å². The maximum Gasteiger partial charge on any atom is 0.106 e. The van der Waals surface area contributed by atoms with Crippen LogP contribution in [-0.4, -0.2) is 29.9 Å². The van der Waals surface area contributed by atoms with Crippen molar-refractivity contribution in [2.24, 2.45) is 0 Å². The Balaban J connectivity index is 2.93. The molecule has 2 atom stereocenters. The molecular weight excluding hydrogens is 270 g/mol. The van der Waals surface area contributed by atoms with Crippen molar-refractivity contribution in [1.29, 1.82) is 0 Å². The zero-order valence-electron chi connectivity index (χ0n) is 9.57. The smallest absolute Gasteiger partial charge is 0.106 e. The van der Waals surface area contributed by atoms with Gasteiger partial charge in [0.1, 0.15) is 6.10 Å². The van der Waals surface area contributed by atoms with E-state index >= 15 is 0 Å². The third-order valence-electron chi connectivity index (χ3n) is 2.58. The van der Waals surface area contributed by atoms with Gasteiger partial charge in [0.05, 0.1) is 6.10 Å². The predicted molar refractivity (Wildman–Crippen MR) is 68.4 cm³/mol. The zero-order chi connectivity index (χ0) is 12.1. The summed E-state index contributed by atoms with van der Waals surface area (Å²) in [6, 6.07) is 5.71. The van der Waals surface area contributed by atoms with E-state index in [0.717, 1.165) is 22.0 Å². The fourth-order valence-corrected chi connectivity index (χ4v) is 2.11. The first-order valence-corrected chi connectivity index (χ1v) is 6.18. The summed E-state index contributed by atoms with van der Waals surface area (Å²) in [7, 11) is 1.75. The van der Waals surface area contributed by atoms with Gasteiger partial charge in [-0.15, -0.1) is 0 Å². The van der Waals surface area contributed by atoms with Crippen LogP contribution in [0.2, 0.25) is 0 Å². The van der Waals surface area contributed by atoms with Gasteiger partial charge in [0.15, 0.2) is 0 Å². The Morgan fingerprint density at radius 2 is 2.06 bits per heavy atom. The zero-order valence-corrected chi connectivity index (χ0v) is 11.2. The first-order chi connectivity index (χ1) is 7.60. The Kier molecular flexibility index (Phi) is 5.41. The molecule has 0 aliphatic carbocycles. The van der Waals surface area contributed by atoms with Crippen molar-refractivity contribution in [1.82, 2.24) is 5.32 Å². The summed E-state index contributed by atoms with van der Waals surface area (Å²) in [5.74, 6) is 0. The number of benzene rings is 1. The van der Waals surface area contributed by atoms with Gasteiger partial charge < -0.3 is 15.5 Å². The molecule has 4 heteroatoms. The van der Waals surface area contributed by atoms with Crippen LogP contribution in [0.1, 0.15) is 24.2 Å². The highest BCUT2D eigenvalue weighted by Crippen LogP contribution is 2.24. The number of hydrogen-bond acceptors (Lipinski definition) is 3. The largest absolute Gasteiger partial charge is 0.389 e. The molecule has 0 amide bonds. The highest BCUT2D eigenvalue weighted by atomic mass is 79.9. The summed E-state index contributed by atoms with van der Waals surface area (Å²) < 4.78 is 0.989. The average Bonchev–Trinajstić information content (AvgIpc) is 2.28. The minimum atomic E-state index is -0.838. The molecule has 0 fully saturated rings. The second kappa shape index (κ2) is 6.35. The van der Waals surface area contributed by atoms with Crippen LogP contribution in [0.3, 0.4) is 0 Å². The molecule has 0 aromatic heterocycles. The van der Waals surface area contributed by atoms with Gasteiger partial charge >= 0.3 is 0 Å². The molecule has 0 heterocycles. The summed E-state index contributed by atoms with van der Waals surface area (Å²) in [6.07, 6.45) is -0.787. The quantitative estimate of drug-likeness (QED) is 0.772. The summed E-state index contributed by atoms with van der Waals surface area (Å²) in [5.41, 5.74) is 1.85. The summed E-state index contributed by atoms with van der Waals surface area (Å²) in [4.78, 5) is 0. The fourth-order valence-electron chi connectivity index (χ4n) is 1.70. The van der Waals surface area contributed by atoms with E-state index in [-0.39, 0.29) is 0 Å².